The lowest BCUT2D eigenvalue weighted by Gasteiger charge is -2.09. The molecule has 0 radical (unpaired) electrons. The van der Waals surface area contributed by atoms with Crippen LogP contribution in [0.4, 0.5) is 11.6 Å². The summed E-state index contributed by atoms with van der Waals surface area (Å²) in [6.07, 6.45) is 2.51. The largest absolute Gasteiger partial charge is 0.357 e. The molecule has 0 spiro atoms. The average Bonchev–Trinajstić information content (AvgIpc) is 2.43. The maximum absolute atomic E-state index is 12.2. The Morgan fingerprint density at radius 2 is 1.85 bits per heavy atom. The van der Waals surface area contributed by atoms with Gasteiger partial charge in [0, 0.05) is 17.2 Å². The van der Waals surface area contributed by atoms with Crippen LogP contribution in [0.25, 0.3) is 0 Å². The predicted octanol–water partition coefficient (Wildman–Crippen LogP) is 2.39. The van der Waals surface area contributed by atoms with Crippen LogP contribution in [0.15, 0.2) is 40.0 Å². The van der Waals surface area contributed by atoms with Crippen molar-refractivity contribution >= 4 is 37.6 Å². The lowest BCUT2D eigenvalue weighted by atomic mass is 10.2. The van der Waals surface area contributed by atoms with Gasteiger partial charge in [0.1, 0.15) is 4.90 Å². The third-order valence-corrected chi connectivity index (χ3v) is 4.78. The van der Waals surface area contributed by atoms with Crippen LogP contribution >= 0.6 is 15.9 Å². The second-order valence-corrected chi connectivity index (χ2v) is 6.60. The van der Waals surface area contributed by atoms with Gasteiger partial charge in [0.05, 0.1) is 12.4 Å². The summed E-state index contributed by atoms with van der Waals surface area (Å²) < 4.78 is 27.7. The number of nitrogens with zero attached hydrogens (tertiary/aromatic N) is 2. The molecule has 1 aromatic carbocycles. The van der Waals surface area contributed by atoms with Crippen LogP contribution in [0.3, 0.4) is 0 Å². The first-order chi connectivity index (χ1) is 9.42. The molecule has 1 aromatic heterocycles. The van der Waals surface area contributed by atoms with Crippen molar-refractivity contribution in [2.75, 3.05) is 17.1 Å². The highest BCUT2D eigenvalue weighted by Gasteiger charge is 2.15. The maximum Gasteiger partial charge on any atom is 0.264 e. The zero-order chi connectivity index (χ0) is 14.8. The fourth-order valence-electron chi connectivity index (χ4n) is 1.45. The van der Waals surface area contributed by atoms with Crippen molar-refractivity contribution in [1.82, 2.24) is 9.97 Å². The number of aromatic nitrogens is 2. The van der Waals surface area contributed by atoms with Crippen molar-refractivity contribution in [3.63, 3.8) is 0 Å². The van der Waals surface area contributed by atoms with Crippen LogP contribution in [0.2, 0.25) is 0 Å². The Bertz CT molecular complexity index is 717. The molecule has 0 saturated heterocycles. The summed E-state index contributed by atoms with van der Waals surface area (Å²) in [6, 6.07) is 5.22. The van der Waals surface area contributed by atoms with Crippen LogP contribution < -0.4 is 10.0 Å². The molecule has 0 saturated carbocycles. The van der Waals surface area contributed by atoms with Gasteiger partial charge in [0.2, 0.25) is 5.95 Å². The fraction of sp³-hybridized carbons (Fsp3) is 0.167. The SMILES string of the molecule is CNc1ncc(S(=O)(=O)Nc2ccc(C)c(Br)c2)cn1. The average molecular weight is 357 g/mol. The van der Waals surface area contributed by atoms with E-state index in [1.54, 1.807) is 19.2 Å². The summed E-state index contributed by atoms with van der Waals surface area (Å²) in [5.41, 5.74) is 1.50. The molecule has 2 aromatic rings. The van der Waals surface area contributed by atoms with Gasteiger partial charge in [0.15, 0.2) is 0 Å². The van der Waals surface area contributed by atoms with Crippen LogP contribution in [0.5, 0.6) is 0 Å². The standard InChI is InChI=1S/C12H13BrN4O2S/c1-8-3-4-9(5-11(8)13)17-20(18,19)10-6-15-12(14-2)16-7-10/h3-7,17H,1-2H3,(H,14,15,16). The molecule has 2 rings (SSSR count). The number of rotatable bonds is 4. The van der Waals surface area contributed by atoms with E-state index in [0.717, 1.165) is 10.0 Å². The van der Waals surface area contributed by atoms with Gasteiger partial charge in [-0.2, -0.15) is 0 Å². The van der Waals surface area contributed by atoms with Crippen molar-refractivity contribution in [2.24, 2.45) is 0 Å². The van der Waals surface area contributed by atoms with E-state index in [-0.39, 0.29) is 4.90 Å². The molecule has 0 aliphatic heterocycles. The van der Waals surface area contributed by atoms with E-state index < -0.39 is 10.0 Å². The molecule has 0 fully saturated rings. The molecular formula is C12H13BrN4O2S. The zero-order valence-corrected chi connectivity index (χ0v) is 13.3. The minimum atomic E-state index is -3.69. The molecule has 0 unspecified atom stereocenters. The van der Waals surface area contributed by atoms with E-state index >= 15 is 0 Å². The Morgan fingerprint density at radius 1 is 1.20 bits per heavy atom. The summed E-state index contributed by atoms with van der Waals surface area (Å²) in [7, 11) is -2.03. The normalized spacial score (nSPS) is 11.2. The molecule has 0 bridgehead atoms. The molecular weight excluding hydrogens is 344 g/mol. The molecule has 20 heavy (non-hydrogen) atoms. The number of nitrogens with one attached hydrogen (secondary N) is 2. The summed E-state index contributed by atoms with van der Waals surface area (Å²) in [6.45, 7) is 1.92. The molecule has 0 aliphatic rings. The van der Waals surface area contributed by atoms with E-state index in [4.69, 9.17) is 0 Å². The minimum Gasteiger partial charge on any atom is -0.357 e. The Hall–Kier alpha value is -1.67. The van der Waals surface area contributed by atoms with Gasteiger partial charge < -0.3 is 5.32 Å². The Morgan fingerprint density at radius 3 is 2.40 bits per heavy atom. The van der Waals surface area contributed by atoms with Gasteiger partial charge in [0.25, 0.3) is 10.0 Å². The number of anilines is 2. The van der Waals surface area contributed by atoms with Crippen LogP contribution in [0.1, 0.15) is 5.56 Å². The van der Waals surface area contributed by atoms with E-state index in [9.17, 15) is 8.42 Å². The third-order valence-electron chi connectivity index (χ3n) is 2.59. The third kappa shape index (κ3) is 3.26. The van der Waals surface area contributed by atoms with E-state index in [1.807, 2.05) is 13.0 Å². The lowest BCUT2D eigenvalue weighted by Crippen LogP contribution is -2.14. The summed E-state index contributed by atoms with van der Waals surface area (Å²) >= 11 is 3.36. The van der Waals surface area contributed by atoms with Crippen molar-refractivity contribution in [1.29, 1.82) is 0 Å². The van der Waals surface area contributed by atoms with Gasteiger partial charge in [-0.1, -0.05) is 22.0 Å². The van der Waals surface area contributed by atoms with Gasteiger partial charge >= 0.3 is 0 Å². The molecule has 6 nitrogen and oxygen atoms in total. The highest BCUT2D eigenvalue weighted by molar-refractivity contribution is 9.10. The topological polar surface area (TPSA) is 84.0 Å². The Balaban J connectivity index is 2.27. The van der Waals surface area contributed by atoms with Crippen LogP contribution in [-0.2, 0) is 10.0 Å². The first kappa shape index (κ1) is 14.7. The molecule has 0 amide bonds. The molecule has 0 aliphatic carbocycles. The van der Waals surface area contributed by atoms with Crippen LogP contribution in [0, 0.1) is 6.92 Å². The second-order valence-electron chi connectivity index (χ2n) is 4.06. The number of hydrogen-bond donors (Lipinski definition) is 2. The van der Waals surface area contributed by atoms with Crippen molar-refractivity contribution < 1.29 is 8.42 Å². The monoisotopic (exact) mass is 356 g/mol. The molecule has 106 valence electrons. The first-order valence-corrected chi connectivity index (χ1v) is 7.99. The number of halogens is 1. The quantitative estimate of drug-likeness (QED) is 0.878. The van der Waals surface area contributed by atoms with Crippen LogP contribution in [-0.4, -0.2) is 25.4 Å². The highest BCUT2D eigenvalue weighted by Crippen LogP contribution is 2.22. The fourth-order valence-corrected chi connectivity index (χ4v) is 2.77. The van der Waals surface area contributed by atoms with Crippen molar-refractivity contribution in [2.45, 2.75) is 11.8 Å². The molecule has 8 heteroatoms. The second kappa shape index (κ2) is 5.76. The number of benzene rings is 1. The molecule has 1 heterocycles. The highest BCUT2D eigenvalue weighted by atomic mass is 79.9. The van der Waals surface area contributed by atoms with E-state index in [2.05, 4.69) is 35.9 Å². The minimum absolute atomic E-state index is 0.00759. The summed E-state index contributed by atoms with van der Waals surface area (Å²) in [5, 5.41) is 2.73. The van der Waals surface area contributed by atoms with Crippen molar-refractivity contribution in [3.05, 3.63) is 40.6 Å². The maximum atomic E-state index is 12.2. The van der Waals surface area contributed by atoms with Crippen molar-refractivity contribution in [3.8, 4) is 0 Å². The van der Waals surface area contributed by atoms with Gasteiger partial charge in [-0.15, -0.1) is 0 Å². The van der Waals surface area contributed by atoms with Gasteiger partial charge in [-0.05, 0) is 24.6 Å². The smallest absolute Gasteiger partial charge is 0.264 e. The van der Waals surface area contributed by atoms with E-state index in [0.29, 0.717) is 11.6 Å². The number of hydrogen-bond acceptors (Lipinski definition) is 5. The molecule has 0 atom stereocenters. The van der Waals surface area contributed by atoms with E-state index in [1.165, 1.54) is 12.4 Å². The summed E-state index contributed by atoms with van der Waals surface area (Å²) in [4.78, 5) is 7.78. The zero-order valence-electron chi connectivity index (χ0n) is 10.9. The first-order valence-electron chi connectivity index (χ1n) is 5.71. The lowest BCUT2D eigenvalue weighted by molar-refractivity contribution is 0.600. The number of aryl methyl sites for hydroxylation is 1. The summed E-state index contributed by atoms with van der Waals surface area (Å²) in [5.74, 6) is 0.363. The molecule has 2 N–H and O–H groups in total. The Labute approximate surface area is 125 Å². The van der Waals surface area contributed by atoms with Gasteiger partial charge in [-0.3, -0.25) is 4.72 Å². The predicted molar refractivity (Wildman–Crippen MR) is 81.3 cm³/mol. The number of sulfonamides is 1. The van der Waals surface area contributed by atoms with Gasteiger partial charge in [-0.25, -0.2) is 18.4 Å². The Kier molecular flexibility index (Phi) is 4.24.